The van der Waals surface area contributed by atoms with Gasteiger partial charge in [0.25, 0.3) is 0 Å². The summed E-state index contributed by atoms with van der Waals surface area (Å²) in [5, 5.41) is 10.5. The average molecular weight is 469 g/mol. The van der Waals surface area contributed by atoms with Crippen LogP contribution in [0.1, 0.15) is 16.7 Å². The van der Waals surface area contributed by atoms with Crippen molar-refractivity contribution in [3.8, 4) is 34.7 Å². The Bertz CT molecular complexity index is 1480. The van der Waals surface area contributed by atoms with Crippen LogP contribution in [-0.4, -0.2) is 6.21 Å². The third kappa shape index (κ3) is 4.25. The Morgan fingerprint density at radius 3 is 2.38 bits per heavy atom. The fraction of sp³-hybridized carbons (Fsp3) is 0.0370. The van der Waals surface area contributed by atoms with E-state index >= 15 is 0 Å². The van der Waals surface area contributed by atoms with Crippen molar-refractivity contribution >= 4 is 23.7 Å². The predicted octanol–water partition coefficient (Wildman–Crippen LogP) is 7.65. The van der Waals surface area contributed by atoms with Gasteiger partial charge in [-0.15, -0.1) is 0 Å². The van der Waals surface area contributed by atoms with Gasteiger partial charge in [0.1, 0.15) is 29.7 Å². The number of furan rings is 3. The Hall–Kier alpha value is -4.47. The lowest BCUT2D eigenvalue weighted by Gasteiger charge is -2.09. The number of para-hydroxylation sites is 1. The van der Waals surface area contributed by atoms with Gasteiger partial charge >= 0.3 is 0 Å². The molecule has 7 heteroatoms. The van der Waals surface area contributed by atoms with Gasteiger partial charge in [0.2, 0.25) is 5.88 Å². The van der Waals surface area contributed by atoms with Crippen LogP contribution in [0.5, 0.6) is 5.75 Å². The van der Waals surface area contributed by atoms with Crippen LogP contribution in [0.25, 0.3) is 22.8 Å². The fourth-order valence-electron chi connectivity index (χ4n) is 3.47. The molecule has 0 N–H and O–H groups in total. The zero-order chi connectivity index (χ0) is 23.3. The first kappa shape index (κ1) is 21.4. The lowest BCUT2D eigenvalue weighted by molar-refractivity contribution is 0.306. The van der Waals surface area contributed by atoms with Gasteiger partial charge in [-0.25, -0.2) is 4.99 Å². The predicted molar refractivity (Wildman–Crippen MR) is 128 cm³/mol. The van der Waals surface area contributed by atoms with Crippen molar-refractivity contribution in [1.82, 2.24) is 0 Å². The molecule has 6 nitrogen and oxygen atoms in total. The average Bonchev–Trinajstić information content (AvgIpc) is 3.63. The molecule has 0 bridgehead atoms. The third-order valence-corrected chi connectivity index (χ3v) is 5.46. The van der Waals surface area contributed by atoms with E-state index in [2.05, 4.69) is 11.1 Å². The topological polar surface area (TPSA) is 84.8 Å². The largest absolute Gasteiger partial charge is 0.488 e. The van der Waals surface area contributed by atoms with Crippen LogP contribution in [0.4, 0.5) is 5.88 Å². The van der Waals surface area contributed by atoms with Gasteiger partial charge in [-0.05, 0) is 42.5 Å². The molecule has 2 aromatic carbocycles. The highest BCUT2D eigenvalue weighted by Gasteiger charge is 2.26. The zero-order valence-electron chi connectivity index (χ0n) is 17.8. The highest BCUT2D eigenvalue weighted by Crippen LogP contribution is 2.42. The van der Waals surface area contributed by atoms with Crippen molar-refractivity contribution in [3.63, 3.8) is 0 Å². The number of benzene rings is 2. The highest BCUT2D eigenvalue weighted by molar-refractivity contribution is 6.31. The van der Waals surface area contributed by atoms with Crippen molar-refractivity contribution in [1.29, 1.82) is 5.26 Å². The van der Waals surface area contributed by atoms with Gasteiger partial charge in [-0.1, -0.05) is 41.9 Å². The molecule has 0 atom stereocenters. The van der Waals surface area contributed by atoms with E-state index < -0.39 is 0 Å². The van der Waals surface area contributed by atoms with Crippen molar-refractivity contribution < 1.29 is 18.0 Å². The summed E-state index contributed by atoms with van der Waals surface area (Å²) in [6.45, 7) is 0.306. The molecule has 0 fully saturated rings. The summed E-state index contributed by atoms with van der Waals surface area (Å²) in [5.41, 5.74) is 2.32. The minimum Gasteiger partial charge on any atom is -0.488 e. The van der Waals surface area contributed by atoms with Crippen LogP contribution in [0.2, 0.25) is 5.02 Å². The molecule has 0 unspecified atom stereocenters. The van der Waals surface area contributed by atoms with Gasteiger partial charge in [0.15, 0.2) is 11.5 Å². The van der Waals surface area contributed by atoms with E-state index in [9.17, 15) is 5.26 Å². The van der Waals surface area contributed by atoms with Crippen LogP contribution >= 0.6 is 11.6 Å². The van der Waals surface area contributed by atoms with Crippen molar-refractivity contribution in [2.75, 3.05) is 0 Å². The molecule has 0 spiro atoms. The van der Waals surface area contributed by atoms with Crippen LogP contribution in [-0.2, 0) is 6.61 Å². The van der Waals surface area contributed by atoms with Crippen LogP contribution in [0.15, 0.2) is 104 Å². The normalized spacial score (nSPS) is 11.1. The van der Waals surface area contributed by atoms with Crippen molar-refractivity contribution in [2.45, 2.75) is 6.61 Å². The molecule has 5 rings (SSSR count). The number of hydrogen-bond acceptors (Lipinski definition) is 6. The molecule has 0 radical (unpaired) electrons. The molecule has 0 saturated heterocycles. The number of nitrogens with zero attached hydrogens (tertiary/aromatic N) is 2. The Morgan fingerprint density at radius 1 is 0.912 bits per heavy atom. The van der Waals surface area contributed by atoms with E-state index in [0.717, 1.165) is 5.56 Å². The van der Waals surface area contributed by atoms with Gasteiger partial charge in [0, 0.05) is 22.4 Å². The second kappa shape index (κ2) is 9.57. The molecule has 0 amide bonds. The number of nitriles is 1. The smallest absolute Gasteiger partial charge is 0.238 e. The molecule has 3 aromatic heterocycles. The minimum absolute atomic E-state index is 0.140. The first-order chi connectivity index (χ1) is 16.7. The zero-order valence-corrected chi connectivity index (χ0v) is 18.5. The Balaban J connectivity index is 1.49. The number of aliphatic imine (C=N–C) groups is 1. The van der Waals surface area contributed by atoms with Gasteiger partial charge in [0.05, 0.1) is 18.1 Å². The standard InChI is InChI=1S/C27H17ClN2O4/c28-21-9-3-1-8-19(21)17-33-22-10-4-2-7-18(22)16-30-27-20(15-29)25(23-11-5-13-31-23)26(34-27)24-12-6-14-32-24/h1-14,16H,17H2. The number of ether oxygens (including phenoxy) is 1. The summed E-state index contributed by atoms with van der Waals surface area (Å²) in [6, 6.07) is 24.1. The van der Waals surface area contributed by atoms with E-state index in [-0.39, 0.29) is 11.4 Å². The molecule has 0 saturated carbocycles. The second-order valence-electron chi connectivity index (χ2n) is 7.23. The molecule has 0 aliphatic heterocycles. The maximum absolute atomic E-state index is 9.90. The maximum Gasteiger partial charge on any atom is 0.238 e. The Kier molecular flexibility index (Phi) is 6.02. The van der Waals surface area contributed by atoms with Crippen LogP contribution in [0, 0.1) is 11.3 Å². The summed E-state index contributed by atoms with van der Waals surface area (Å²) >= 11 is 6.24. The first-order valence-corrected chi connectivity index (χ1v) is 10.8. The van der Waals surface area contributed by atoms with Crippen LogP contribution in [0.3, 0.4) is 0 Å². The van der Waals surface area contributed by atoms with E-state index in [0.29, 0.717) is 45.8 Å². The van der Waals surface area contributed by atoms with Gasteiger partial charge in [-0.2, -0.15) is 5.26 Å². The quantitative estimate of drug-likeness (QED) is 0.229. The van der Waals surface area contributed by atoms with E-state index in [4.69, 9.17) is 29.6 Å². The van der Waals surface area contributed by atoms with E-state index in [1.807, 2.05) is 48.5 Å². The monoisotopic (exact) mass is 468 g/mol. The van der Waals surface area contributed by atoms with Crippen molar-refractivity contribution in [3.05, 3.63) is 107 Å². The molecule has 166 valence electrons. The fourth-order valence-corrected chi connectivity index (χ4v) is 3.66. The lowest BCUT2D eigenvalue weighted by atomic mass is 10.1. The second-order valence-corrected chi connectivity index (χ2v) is 7.64. The SMILES string of the molecule is N#Cc1c(N=Cc2ccccc2OCc2ccccc2Cl)oc(-c2ccco2)c1-c1ccco1. The summed E-state index contributed by atoms with van der Waals surface area (Å²) < 4.78 is 23.0. The number of hydrogen-bond donors (Lipinski definition) is 0. The number of halogens is 1. The van der Waals surface area contributed by atoms with Gasteiger partial charge < -0.3 is 18.0 Å². The van der Waals surface area contributed by atoms with Gasteiger partial charge in [-0.3, -0.25) is 0 Å². The van der Waals surface area contributed by atoms with Crippen LogP contribution < -0.4 is 4.74 Å². The third-order valence-electron chi connectivity index (χ3n) is 5.09. The molecule has 34 heavy (non-hydrogen) atoms. The first-order valence-electron chi connectivity index (χ1n) is 10.4. The maximum atomic E-state index is 9.90. The molecule has 0 aliphatic carbocycles. The number of rotatable bonds is 7. The minimum atomic E-state index is 0.140. The molecule has 0 aliphatic rings. The van der Waals surface area contributed by atoms with Crippen molar-refractivity contribution in [2.24, 2.45) is 4.99 Å². The summed E-state index contributed by atoms with van der Waals surface area (Å²) in [7, 11) is 0. The Morgan fingerprint density at radius 2 is 1.65 bits per heavy atom. The summed E-state index contributed by atoms with van der Waals surface area (Å²) in [6.07, 6.45) is 4.66. The molecule has 5 aromatic rings. The summed E-state index contributed by atoms with van der Waals surface area (Å²) in [4.78, 5) is 4.48. The lowest BCUT2D eigenvalue weighted by Crippen LogP contribution is -1.98. The summed E-state index contributed by atoms with van der Waals surface area (Å²) in [5.74, 6) is 2.08. The highest BCUT2D eigenvalue weighted by atomic mass is 35.5. The Labute approximate surface area is 200 Å². The van der Waals surface area contributed by atoms with E-state index in [1.54, 1.807) is 30.5 Å². The van der Waals surface area contributed by atoms with E-state index in [1.165, 1.54) is 12.5 Å². The molecular weight excluding hydrogens is 452 g/mol. The molecule has 3 heterocycles. The molecular formula is C27H17ClN2O4.